The molecule has 0 aromatic heterocycles. The molecule has 0 atom stereocenters. The highest BCUT2D eigenvalue weighted by atomic mass is 32.2. The Morgan fingerprint density at radius 3 is 2.46 bits per heavy atom. The van der Waals surface area contributed by atoms with Crippen molar-refractivity contribution in [1.82, 2.24) is 0 Å². The van der Waals surface area contributed by atoms with Crippen molar-refractivity contribution < 1.29 is 27.4 Å². The number of benzene rings is 4. The van der Waals surface area contributed by atoms with Crippen LogP contribution >= 0.6 is 24.0 Å². The van der Waals surface area contributed by atoms with Crippen LogP contribution in [-0.2, 0) is 17.6 Å². The molecule has 4 aromatic rings. The number of hydrogen-bond donors (Lipinski definition) is 0. The first-order valence-electron chi connectivity index (χ1n) is 12.1. The molecule has 0 N–H and O–H groups in total. The molecule has 0 saturated carbocycles. The van der Waals surface area contributed by atoms with Gasteiger partial charge in [-0.2, -0.15) is 13.2 Å². The van der Waals surface area contributed by atoms with E-state index in [9.17, 15) is 18.0 Å². The van der Waals surface area contributed by atoms with Crippen molar-refractivity contribution in [2.75, 3.05) is 11.5 Å². The minimum absolute atomic E-state index is 0.0724. The largest absolute Gasteiger partial charge is 0.490 e. The summed E-state index contributed by atoms with van der Waals surface area (Å²) in [5, 5.41) is 2.28. The second-order valence-electron chi connectivity index (χ2n) is 8.67. The van der Waals surface area contributed by atoms with Crippen LogP contribution in [-0.4, -0.2) is 16.8 Å². The molecule has 0 radical (unpaired) electrons. The smallest absolute Gasteiger partial charge is 0.416 e. The number of thioether (sulfide) groups is 1. The molecule has 1 aliphatic heterocycles. The van der Waals surface area contributed by atoms with Crippen molar-refractivity contribution in [3.05, 3.63) is 107 Å². The molecule has 1 aliphatic rings. The highest BCUT2D eigenvalue weighted by Crippen LogP contribution is 2.39. The van der Waals surface area contributed by atoms with Crippen LogP contribution in [0.25, 0.3) is 16.8 Å². The fraction of sp³-hybridized carbons (Fsp3) is 0.133. The van der Waals surface area contributed by atoms with Gasteiger partial charge in [-0.25, -0.2) is 0 Å². The summed E-state index contributed by atoms with van der Waals surface area (Å²) in [5.41, 5.74) is 0.904. The Hall–Kier alpha value is -3.82. The van der Waals surface area contributed by atoms with E-state index in [-0.39, 0.29) is 10.0 Å². The lowest BCUT2D eigenvalue weighted by Gasteiger charge is -2.16. The number of hydrogen-bond acceptors (Lipinski definition) is 5. The molecular formula is C30H22F3NO3S2. The molecule has 0 spiro atoms. The minimum atomic E-state index is -4.53. The highest BCUT2D eigenvalue weighted by Gasteiger charge is 2.36. The standard InChI is InChI=1S/C30H22F3NO3S2/c1-2-36-26-15-19(11-13-25(26)37-18-20-10-12-21-6-3-4-7-22(21)14-20)16-27-28(35)34(29(38)39-27)24-9-5-8-23(17-24)30(31,32)33/h3-17H,2,18H2,1H3/b27-16-. The van der Waals surface area contributed by atoms with Gasteiger partial charge >= 0.3 is 6.18 Å². The maximum Gasteiger partial charge on any atom is 0.416 e. The monoisotopic (exact) mass is 565 g/mol. The van der Waals surface area contributed by atoms with Gasteiger partial charge in [-0.3, -0.25) is 9.69 Å². The number of anilines is 1. The highest BCUT2D eigenvalue weighted by molar-refractivity contribution is 8.27. The van der Waals surface area contributed by atoms with Crippen LogP contribution in [0.15, 0.2) is 89.8 Å². The van der Waals surface area contributed by atoms with E-state index in [0.29, 0.717) is 35.2 Å². The Labute approximate surface area is 233 Å². The molecule has 39 heavy (non-hydrogen) atoms. The van der Waals surface area contributed by atoms with Crippen molar-refractivity contribution in [2.45, 2.75) is 19.7 Å². The first-order chi connectivity index (χ1) is 18.7. The van der Waals surface area contributed by atoms with Gasteiger partial charge < -0.3 is 9.47 Å². The Morgan fingerprint density at radius 2 is 1.69 bits per heavy atom. The van der Waals surface area contributed by atoms with Crippen LogP contribution < -0.4 is 14.4 Å². The molecule has 1 saturated heterocycles. The third-order valence-corrected chi connectivity index (χ3v) is 7.30. The average Bonchev–Trinajstić information content (AvgIpc) is 3.20. The van der Waals surface area contributed by atoms with Crippen molar-refractivity contribution in [2.24, 2.45) is 0 Å². The zero-order valence-electron chi connectivity index (χ0n) is 20.7. The predicted octanol–water partition coefficient (Wildman–Crippen LogP) is 8.24. The van der Waals surface area contributed by atoms with Crippen molar-refractivity contribution in [1.29, 1.82) is 0 Å². The number of carbonyl (C=O) groups excluding carboxylic acids is 1. The number of fused-ring (bicyclic) bond motifs is 1. The Morgan fingerprint density at radius 1 is 0.897 bits per heavy atom. The number of carbonyl (C=O) groups is 1. The number of thiocarbonyl (C=S) groups is 1. The molecular weight excluding hydrogens is 543 g/mol. The number of rotatable bonds is 7. The number of amides is 1. The van der Waals surface area contributed by atoms with Crippen LogP contribution in [0.2, 0.25) is 0 Å². The topological polar surface area (TPSA) is 38.8 Å². The maximum atomic E-state index is 13.2. The van der Waals surface area contributed by atoms with Gasteiger partial charge in [0.25, 0.3) is 5.91 Å². The van der Waals surface area contributed by atoms with Crippen LogP contribution in [0.3, 0.4) is 0 Å². The molecule has 4 aromatic carbocycles. The van der Waals surface area contributed by atoms with Crippen LogP contribution in [0.1, 0.15) is 23.6 Å². The normalized spacial score (nSPS) is 14.9. The molecule has 5 rings (SSSR count). The third-order valence-electron chi connectivity index (χ3n) is 6.00. The molecule has 1 fully saturated rings. The lowest BCUT2D eigenvalue weighted by atomic mass is 10.1. The minimum Gasteiger partial charge on any atom is -0.490 e. The van der Waals surface area contributed by atoms with E-state index in [1.807, 2.05) is 25.1 Å². The van der Waals surface area contributed by atoms with E-state index in [2.05, 4.69) is 24.3 Å². The predicted molar refractivity (Wildman–Crippen MR) is 153 cm³/mol. The van der Waals surface area contributed by atoms with Crippen LogP contribution in [0.5, 0.6) is 11.5 Å². The van der Waals surface area contributed by atoms with E-state index in [4.69, 9.17) is 21.7 Å². The van der Waals surface area contributed by atoms with Gasteiger partial charge in [0.05, 0.1) is 22.8 Å². The second-order valence-corrected chi connectivity index (χ2v) is 10.4. The van der Waals surface area contributed by atoms with Gasteiger partial charge in [0.2, 0.25) is 0 Å². The summed E-state index contributed by atoms with van der Waals surface area (Å²) < 4.78 is 51.6. The Bertz CT molecular complexity index is 1600. The molecule has 0 aliphatic carbocycles. The summed E-state index contributed by atoms with van der Waals surface area (Å²) in [7, 11) is 0. The Balaban J connectivity index is 1.36. The fourth-order valence-corrected chi connectivity index (χ4v) is 5.45. The van der Waals surface area contributed by atoms with Crippen molar-refractivity contribution >= 4 is 56.7 Å². The van der Waals surface area contributed by atoms with Gasteiger partial charge in [-0.1, -0.05) is 72.5 Å². The molecule has 4 nitrogen and oxygen atoms in total. The SMILES string of the molecule is CCOc1cc(/C=C2\SC(=S)N(c3cccc(C(F)(F)F)c3)C2=O)ccc1OCc1ccc2ccccc2c1. The first-order valence-corrected chi connectivity index (χ1v) is 13.3. The third kappa shape index (κ3) is 5.94. The van der Waals surface area contributed by atoms with E-state index >= 15 is 0 Å². The first kappa shape index (κ1) is 26.8. The van der Waals surface area contributed by atoms with E-state index < -0.39 is 17.6 Å². The van der Waals surface area contributed by atoms with Gasteiger partial charge in [-0.15, -0.1) is 0 Å². The molecule has 1 amide bonds. The molecule has 1 heterocycles. The van der Waals surface area contributed by atoms with Gasteiger partial charge in [-0.05, 0) is 71.3 Å². The van der Waals surface area contributed by atoms with Gasteiger partial charge in [0.15, 0.2) is 15.8 Å². The van der Waals surface area contributed by atoms with Gasteiger partial charge in [0, 0.05) is 0 Å². The van der Waals surface area contributed by atoms with Crippen LogP contribution in [0, 0.1) is 0 Å². The lowest BCUT2D eigenvalue weighted by Crippen LogP contribution is -2.27. The van der Waals surface area contributed by atoms with Gasteiger partial charge in [0.1, 0.15) is 6.61 Å². The summed E-state index contributed by atoms with van der Waals surface area (Å²) in [6.07, 6.45) is -2.89. The average molecular weight is 566 g/mol. The number of alkyl halides is 3. The maximum absolute atomic E-state index is 13.2. The molecule has 198 valence electrons. The number of halogens is 3. The van der Waals surface area contributed by atoms with E-state index in [1.54, 1.807) is 24.3 Å². The molecule has 0 unspecified atom stereocenters. The summed E-state index contributed by atoms with van der Waals surface area (Å²) in [6.45, 7) is 2.62. The van der Waals surface area contributed by atoms with E-state index in [0.717, 1.165) is 45.1 Å². The van der Waals surface area contributed by atoms with E-state index in [1.165, 1.54) is 12.1 Å². The summed E-state index contributed by atoms with van der Waals surface area (Å²) in [6, 6.07) is 24.1. The van der Waals surface area contributed by atoms with Crippen molar-refractivity contribution in [3.63, 3.8) is 0 Å². The summed E-state index contributed by atoms with van der Waals surface area (Å²) in [5.74, 6) is 0.581. The fourth-order valence-electron chi connectivity index (χ4n) is 4.15. The quantitative estimate of drug-likeness (QED) is 0.167. The lowest BCUT2D eigenvalue weighted by molar-refractivity contribution is -0.137. The zero-order valence-corrected chi connectivity index (χ0v) is 22.3. The zero-order chi connectivity index (χ0) is 27.6. The molecule has 0 bridgehead atoms. The number of nitrogens with zero attached hydrogens (tertiary/aromatic N) is 1. The summed E-state index contributed by atoms with van der Waals surface area (Å²) in [4.78, 5) is 14.5. The molecule has 9 heteroatoms. The Kier molecular flexibility index (Phi) is 7.63. The van der Waals surface area contributed by atoms with Crippen molar-refractivity contribution in [3.8, 4) is 11.5 Å². The van der Waals surface area contributed by atoms with Crippen LogP contribution in [0.4, 0.5) is 18.9 Å². The number of ether oxygens (including phenoxy) is 2. The summed E-state index contributed by atoms with van der Waals surface area (Å²) >= 11 is 6.36. The second kappa shape index (κ2) is 11.1.